The molecule has 17 nitrogen and oxygen atoms in total. The van der Waals surface area contributed by atoms with Crippen molar-refractivity contribution in [2.24, 2.45) is 0 Å². The van der Waals surface area contributed by atoms with Gasteiger partial charge in [-0.05, 0) is 89.9 Å². The van der Waals surface area contributed by atoms with Gasteiger partial charge < -0.3 is 43.4 Å². The molecular weight excluding hydrogens is 1230 g/mol. The molecule has 0 aromatic carbocycles. The van der Waals surface area contributed by atoms with Crippen LogP contribution in [0, 0.1) is 0 Å². The Labute approximate surface area is 573 Å². The molecule has 0 aliphatic carbocycles. The molecule has 0 radical (unpaired) electrons. The molecule has 19 heteroatoms. The van der Waals surface area contributed by atoms with E-state index in [9.17, 15) is 43.2 Å². The number of allylic oxidation sites excluding steroid dienone is 4. The summed E-state index contributed by atoms with van der Waals surface area (Å²) in [5, 5.41) is 10.6. The number of carbonyl (C=O) groups excluding carboxylic acids is 4. The standard InChI is InChI=1S/C75H142O17P2/c1-3-5-7-9-11-13-15-23-29-35-41-47-53-59-74(79)87-67-72(85-63-57-51-45-39-33-27-21-18-17-19-25-31-37-43-49-55-61-76)69-91-93(81,82)89-65-71(78)66-90-94(83,84)92-70-73(86-64-58-52-46-40-34-28-22-20-26-32-38-44-50-56-62-77)68-88-75(80)60-54-48-42-36-30-24-16-14-12-10-8-6-4-2/h17,19-20,22,61-62,71-73,78H,3-16,18,21,23-60,63-70H2,1-2H3,(H,81,82)(H,83,84)/b19-17-,22-20-/t71-,72-,73-/m1/s1. The Morgan fingerprint density at radius 2 is 0.553 bits per heavy atom. The summed E-state index contributed by atoms with van der Waals surface area (Å²) < 4.78 is 69.9. The first-order valence-electron chi connectivity index (χ1n) is 38.5. The lowest BCUT2D eigenvalue weighted by Crippen LogP contribution is -2.28. The quantitative estimate of drug-likeness (QED) is 0.0169. The normalized spacial score (nSPS) is 14.1. The van der Waals surface area contributed by atoms with Gasteiger partial charge in [0.25, 0.3) is 0 Å². The van der Waals surface area contributed by atoms with E-state index in [1.807, 2.05) is 0 Å². The summed E-state index contributed by atoms with van der Waals surface area (Å²) in [4.78, 5) is 67.7. The van der Waals surface area contributed by atoms with Gasteiger partial charge in [-0.3, -0.25) is 27.7 Å². The molecule has 94 heavy (non-hydrogen) atoms. The topological polar surface area (TPSA) is 237 Å². The van der Waals surface area contributed by atoms with Crippen molar-refractivity contribution in [2.45, 2.75) is 379 Å². The number of aliphatic hydroxyl groups excluding tert-OH is 1. The Hall–Kier alpha value is -2.14. The number of phosphoric acid groups is 2. The zero-order chi connectivity index (χ0) is 68.6. The van der Waals surface area contributed by atoms with Crippen LogP contribution in [0.2, 0.25) is 0 Å². The largest absolute Gasteiger partial charge is 0.472 e. The fraction of sp³-hybridized carbons (Fsp3) is 0.893. The number of hydrogen-bond donors (Lipinski definition) is 3. The third-order valence-corrected chi connectivity index (χ3v) is 18.9. The van der Waals surface area contributed by atoms with Crippen molar-refractivity contribution in [1.82, 2.24) is 0 Å². The average Bonchev–Trinajstić information content (AvgIpc) is 1.60. The highest BCUT2D eigenvalue weighted by atomic mass is 31.2. The van der Waals surface area contributed by atoms with Crippen LogP contribution in [0.5, 0.6) is 0 Å². The fourth-order valence-electron chi connectivity index (χ4n) is 11.0. The third-order valence-electron chi connectivity index (χ3n) is 17.0. The number of unbranched alkanes of at least 4 members (excludes halogenated alkanes) is 46. The van der Waals surface area contributed by atoms with Gasteiger partial charge in [0.05, 0.1) is 26.4 Å². The predicted octanol–water partition coefficient (Wildman–Crippen LogP) is 21.1. The molecule has 0 heterocycles. The molecule has 0 saturated heterocycles. The van der Waals surface area contributed by atoms with Crippen molar-refractivity contribution in [1.29, 1.82) is 0 Å². The number of rotatable bonds is 78. The Kier molecular flexibility index (Phi) is 70.5. The van der Waals surface area contributed by atoms with E-state index in [0.29, 0.717) is 38.9 Å². The first-order chi connectivity index (χ1) is 45.9. The maximum Gasteiger partial charge on any atom is 0.472 e. The predicted molar refractivity (Wildman–Crippen MR) is 382 cm³/mol. The monoisotopic (exact) mass is 1380 g/mol. The van der Waals surface area contributed by atoms with Crippen LogP contribution in [0.1, 0.15) is 361 Å². The summed E-state index contributed by atoms with van der Waals surface area (Å²) in [7, 11) is -9.62. The lowest BCUT2D eigenvalue weighted by atomic mass is 10.0. The molecule has 0 aliphatic rings. The van der Waals surface area contributed by atoms with Crippen LogP contribution in [0.25, 0.3) is 0 Å². The van der Waals surface area contributed by atoms with E-state index in [1.165, 1.54) is 135 Å². The maximum absolute atomic E-state index is 13.1. The average molecular weight is 1380 g/mol. The zero-order valence-corrected chi connectivity index (χ0v) is 61.8. The zero-order valence-electron chi connectivity index (χ0n) is 60.0. The fourth-order valence-corrected chi connectivity index (χ4v) is 12.6. The summed E-state index contributed by atoms with van der Waals surface area (Å²) >= 11 is 0. The highest BCUT2D eigenvalue weighted by Crippen LogP contribution is 2.45. The van der Waals surface area contributed by atoms with Crippen molar-refractivity contribution >= 4 is 40.2 Å². The van der Waals surface area contributed by atoms with Crippen molar-refractivity contribution in [3.8, 4) is 0 Å². The number of carbonyl (C=O) groups is 4. The molecule has 0 rings (SSSR count). The van der Waals surface area contributed by atoms with Gasteiger partial charge >= 0.3 is 27.6 Å². The lowest BCUT2D eigenvalue weighted by molar-refractivity contribution is -0.150. The van der Waals surface area contributed by atoms with Crippen LogP contribution in [0.4, 0.5) is 0 Å². The molecule has 554 valence electrons. The first kappa shape index (κ1) is 91.9. The molecule has 0 spiro atoms. The number of esters is 2. The van der Waals surface area contributed by atoms with Crippen molar-refractivity contribution in [3.05, 3.63) is 24.3 Å². The van der Waals surface area contributed by atoms with Crippen LogP contribution in [0.15, 0.2) is 24.3 Å². The molecule has 0 aliphatic heterocycles. The second-order valence-electron chi connectivity index (χ2n) is 26.2. The van der Waals surface area contributed by atoms with Gasteiger partial charge in [0.1, 0.15) is 44.1 Å². The van der Waals surface area contributed by atoms with E-state index in [-0.39, 0.29) is 38.0 Å². The Morgan fingerprint density at radius 1 is 0.319 bits per heavy atom. The molecule has 0 saturated carbocycles. The van der Waals surface area contributed by atoms with Gasteiger partial charge in [-0.15, -0.1) is 0 Å². The smallest absolute Gasteiger partial charge is 0.463 e. The third kappa shape index (κ3) is 71.2. The number of ether oxygens (including phenoxy) is 4. The highest BCUT2D eigenvalue weighted by Gasteiger charge is 2.29. The van der Waals surface area contributed by atoms with Crippen molar-refractivity contribution in [3.63, 3.8) is 0 Å². The van der Waals surface area contributed by atoms with Crippen molar-refractivity contribution < 1.29 is 80.2 Å². The number of hydrogen-bond acceptors (Lipinski definition) is 15. The Bertz CT molecular complexity index is 1820. The minimum atomic E-state index is -4.81. The molecule has 2 unspecified atom stereocenters. The van der Waals surface area contributed by atoms with Crippen LogP contribution < -0.4 is 0 Å². The Morgan fingerprint density at radius 3 is 0.830 bits per heavy atom. The van der Waals surface area contributed by atoms with Gasteiger partial charge in [0.15, 0.2) is 0 Å². The van der Waals surface area contributed by atoms with Crippen molar-refractivity contribution in [2.75, 3.05) is 52.9 Å². The van der Waals surface area contributed by atoms with Gasteiger partial charge in [0.2, 0.25) is 0 Å². The molecule has 0 aromatic heterocycles. The summed E-state index contributed by atoms with van der Waals surface area (Å²) in [6, 6.07) is 0. The lowest BCUT2D eigenvalue weighted by Gasteiger charge is -2.21. The van der Waals surface area contributed by atoms with Crippen LogP contribution in [-0.2, 0) is 65.4 Å². The van der Waals surface area contributed by atoms with Crippen LogP contribution in [0.3, 0.4) is 0 Å². The molecule has 3 N–H and O–H groups in total. The number of aldehydes is 2. The SMILES string of the molecule is CCCCCCCCCCCCCCCC(=O)OC[C@H](COP(=O)(O)OC[C@H](O)COP(=O)(O)OC[C@@H](COC(=O)CCCCCCCCCCCCCCC)OCCCCCCCCC/C=C\CCCCCCC=O)OCCCCCCC/C=C\CCCCCCC=O. The summed E-state index contributed by atoms with van der Waals surface area (Å²) in [6.45, 7) is 2.28. The van der Waals surface area contributed by atoms with E-state index >= 15 is 0 Å². The second kappa shape index (κ2) is 72.1. The molecule has 0 aromatic rings. The van der Waals surface area contributed by atoms with E-state index < -0.39 is 60.4 Å². The number of aliphatic hydroxyl groups is 1. The molecule has 5 atom stereocenters. The minimum absolute atomic E-state index is 0.185. The highest BCUT2D eigenvalue weighted by molar-refractivity contribution is 7.47. The summed E-state index contributed by atoms with van der Waals surface area (Å²) in [5.74, 6) is -0.759. The Balaban J connectivity index is 5.14. The molecular formula is C75H142O17P2. The molecule has 0 amide bonds. The van der Waals surface area contributed by atoms with Gasteiger partial charge in [-0.25, -0.2) is 9.13 Å². The summed E-state index contributed by atoms with van der Waals surface area (Å²) in [5.41, 5.74) is 0. The van der Waals surface area contributed by atoms with Gasteiger partial charge in [-0.2, -0.15) is 0 Å². The number of phosphoric ester groups is 2. The van der Waals surface area contributed by atoms with Crippen LogP contribution >= 0.6 is 15.6 Å². The first-order valence-corrected chi connectivity index (χ1v) is 41.5. The second-order valence-corrected chi connectivity index (χ2v) is 29.1. The van der Waals surface area contributed by atoms with Gasteiger partial charge in [0, 0.05) is 38.9 Å². The molecule has 0 bridgehead atoms. The van der Waals surface area contributed by atoms with E-state index in [0.717, 1.165) is 186 Å². The van der Waals surface area contributed by atoms with E-state index in [4.69, 9.17) is 37.0 Å². The maximum atomic E-state index is 13.1. The van der Waals surface area contributed by atoms with E-state index in [1.54, 1.807) is 0 Å². The van der Waals surface area contributed by atoms with Gasteiger partial charge in [-0.1, -0.05) is 269 Å². The molecule has 0 fully saturated rings. The summed E-state index contributed by atoms with van der Waals surface area (Å²) in [6.07, 6.45) is 65.8. The minimum Gasteiger partial charge on any atom is -0.463 e. The van der Waals surface area contributed by atoms with E-state index in [2.05, 4.69) is 38.2 Å². The van der Waals surface area contributed by atoms with Crippen LogP contribution in [-0.4, -0.2) is 111 Å².